The first-order valence-corrected chi connectivity index (χ1v) is 18.2. The fourth-order valence-corrected chi connectivity index (χ4v) is 6.62. The Bertz CT molecular complexity index is 1700. The fraction of sp³-hybridized carbons (Fsp3) is 0.395. The van der Waals surface area contributed by atoms with Gasteiger partial charge in [0.25, 0.3) is 0 Å². The van der Waals surface area contributed by atoms with Crippen LogP contribution in [0.15, 0.2) is 103 Å². The first kappa shape index (κ1) is 37.9. The van der Waals surface area contributed by atoms with Crippen molar-refractivity contribution >= 4 is 11.8 Å². The molecule has 5 atom stereocenters. The number of aliphatic hydroxyl groups is 1. The Morgan fingerprint density at radius 2 is 1.53 bits per heavy atom. The highest BCUT2D eigenvalue weighted by Gasteiger charge is 2.39. The molecule has 2 amide bonds. The van der Waals surface area contributed by atoms with Gasteiger partial charge in [0.05, 0.1) is 18.8 Å². The summed E-state index contributed by atoms with van der Waals surface area (Å²) in [6.45, 7) is 7.77. The van der Waals surface area contributed by atoms with Crippen LogP contribution in [0.4, 0.5) is 0 Å². The average molecular weight is 692 g/mol. The van der Waals surface area contributed by atoms with E-state index in [0.29, 0.717) is 19.5 Å². The zero-order valence-electron chi connectivity index (χ0n) is 30.4. The van der Waals surface area contributed by atoms with Crippen LogP contribution in [0, 0.1) is 5.92 Å². The molecule has 0 unspecified atom stereocenters. The smallest absolute Gasteiger partial charge is 0.220 e. The number of aliphatic hydroxyl groups excluding tert-OH is 1. The first-order valence-electron chi connectivity index (χ1n) is 18.2. The maximum atomic E-state index is 12.5. The number of hydrogen-bond donors (Lipinski definition) is 3. The Balaban J connectivity index is 1.28. The second-order valence-corrected chi connectivity index (χ2v) is 13.7. The van der Waals surface area contributed by atoms with Crippen molar-refractivity contribution in [3.8, 4) is 11.1 Å². The number of ether oxygens (including phenoxy) is 2. The first-order chi connectivity index (χ1) is 24.7. The van der Waals surface area contributed by atoms with E-state index in [-0.39, 0.29) is 42.6 Å². The molecular weight excluding hydrogens is 638 g/mol. The van der Waals surface area contributed by atoms with E-state index < -0.39 is 6.29 Å². The van der Waals surface area contributed by atoms with Gasteiger partial charge in [-0.1, -0.05) is 104 Å². The summed E-state index contributed by atoms with van der Waals surface area (Å²) in [4.78, 5) is 25.8. The summed E-state index contributed by atoms with van der Waals surface area (Å²) >= 11 is 0. The van der Waals surface area contributed by atoms with Crippen LogP contribution in [0.3, 0.4) is 0 Å². The molecule has 1 heterocycles. The van der Waals surface area contributed by atoms with E-state index in [1.54, 1.807) is 0 Å². The molecule has 4 aromatic rings. The van der Waals surface area contributed by atoms with E-state index in [1.807, 2.05) is 36.4 Å². The highest BCUT2D eigenvalue weighted by atomic mass is 16.7. The molecule has 1 aliphatic rings. The Kier molecular flexibility index (Phi) is 13.9. The van der Waals surface area contributed by atoms with Gasteiger partial charge in [-0.3, -0.25) is 14.5 Å². The normalized spacial score (nSPS) is 19.4. The van der Waals surface area contributed by atoms with E-state index >= 15 is 0 Å². The molecular formula is C43H53N3O5. The minimum absolute atomic E-state index is 0.000373. The fourth-order valence-electron chi connectivity index (χ4n) is 6.62. The predicted octanol–water partition coefficient (Wildman–Crippen LogP) is 7.64. The topological polar surface area (TPSA) is 100 Å². The van der Waals surface area contributed by atoms with Crippen LogP contribution in [-0.2, 0) is 32.2 Å². The highest BCUT2D eigenvalue weighted by molar-refractivity contribution is 5.76. The van der Waals surface area contributed by atoms with Crippen LogP contribution in [0.25, 0.3) is 11.1 Å². The molecule has 270 valence electrons. The molecule has 0 saturated carbocycles. The van der Waals surface area contributed by atoms with Crippen molar-refractivity contribution in [3.63, 3.8) is 0 Å². The Morgan fingerprint density at radius 1 is 0.804 bits per heavy atom. The summed E-state index contributed by atoms with van der Waals surface area (Å²) in [7, 11) is 2.15. The van der Waals surface area contributed by atoms with Gasteiger partial charge in [-0.25, -0.2) is 0 Å². The van der Waals surface area contributed by atoms with Crippen molar-refractivity contribution in [3.05, 3.63) is 131 Å². The number of likely N-dealkylation sites (N-methyl/N-ethyl adjacent to an activating group) is 1. The minimum Gasteiger partial charge on any atom is -0.392 e. The molecule has 0 bridgehead atoms. The van der Waals surface area contributed by atoms with E-state index in [9.17, 15) is 14.7 Å². The lowest BCUT2D eigenvalue weighted by molar-refractivity contribution is -0.276. The van der Waals surface area contributed by atoms with Gasteiger partial charge in [-0.05, 0) is 72.3 Å². The highest BCUT2D eigenvalue weighted by Crippen LogP contribution is 2.42. The van der Waals surface area contributed by atoms with Gasteiger partial charge < -0.3 is 25.2 Å². The quantitative estimate of drug-likeness (QED) is 0.105. The van der Waals surface area contributed by atoms with Crippen molar-refractivity contribution in [1.29, 1.82) is 0 Å². The summed E-state index contributed by atoms with van der Waals surface area (Å²) in [6, 6.07) is 35.3. The molecule has 1 saturated heterocycles. The molecule has 3 N–H and O–H groups in total. The Morgan fingerprint density at radius 3 is 2.25 bits per heavy atom. The second kappa shape index (κ2) is 18.8. The Hall–Kier alpha value is -4.34. The number of carbonyl (C=O) groups excluding carboxylic acids is 2. The molecule has 0 spiro atoms. The van der Waals surface area contributed by atoms with Gasteiger partial charge >= 0.3 is 0 Å². The number of carbonyl (C=O) groups is 2. The van der Waals surface area contributed by atoms with Crippen LogP contribution in [0.1, 0.15) is 92.7 Å². The SMILES string of the molecule is CC(=O)NCCCCCC(=O)NCc1cccc(-c2cccc([C@H]3O[C@@H](CN(C)[C@@H](C)c4ccccc4)[C@@H](C)[C@@H](c4ccc(CO)cc4)O3)c2)c1. The van der Waals surface area contributed by atoms with E-state index in [4.69, 9.17) is 9.47 Å². The summed E-state index contributed by atoms with van der Waals surface area (Å²) in [5, 5.41) is 15.5. The maximum absolute atomic E-state index is 12.5. The molecule has 5 rings (SSSR count). The summed E-state index contributed by atoms with van der Waals surface area (Å²) < 4.78 is 13.6. The van der Waals surface area contributed by atoms with Crippen molar-refractivity contribution in [1.82, 2.24) is 15.5 Å². The third-order valence-electron chi connectivity index (χ3n) is 9.90. The number of amides is 2. The zero-order chi connectivity index (χ0) is 36.2. The van der Waals surface area contributed by atoms with E-state index in [1.165, 1.54) is 12.5 Å². The van der Waals surface area contributed by atoms with Gasteiger partial charge in [0.2, 0.25) is 11.8 Å². The number of nitrogens with one attached hydrogen (secondary N) is 2. The van der Waals surface area contributed by atoms with Gasteiger partial charge in [0.1, 0.15) is 0 Å². The monoisotopic (exact) mass is 691 g/mol. The van der Waals surface area contributed by atoms with Crippen LogP contribution in [0.2, 0.25) is 0 Å². The maximum Gasteiger partial charge on any atom is 0.220 e. The van der Waals surface area contributed by atoms with Crippen molar-refractivity contribution in [2.24, 2.45) is 5.92 Å². The van der Waals surface area contributed by atoms with Gasteiger partial charge in [0, 0.05) is 50.5 Å². The summed E-state index contributed by atoms with van der Waals surface area (Å²) in [5.74, 6) is 0.0795. The number of nitrogens with zero attached hydrogens (tertiary/aromatic N) is 1. The zero-order valence-corrected chi connectivity index (χ0v) is 30.4. The lowest BCUT2D eigenvalue weighted by Gasteiger charge is -2.43. The van der Waals surface area contributed by atoms with Gasteiger partial charge in [0.15, 0.2) is 6.29 Å². The Labute approximate surface area is 303 Å². The average Bonchev–Trinajstić information content (AvgIpc) is 3.16. The molecule has 4 aromatic carbocycles. The summed E-state index contributed by atoms with van der Waals surface area (Å²) in [6.07, 6.45) is 2.15. The van der Waals surface area contributed by atoms with Crippen molar-refractivity contribution in [2.75, 3.05) is 20.1 Å². The lowest BCUT2D eigenvalue weighted by Crippen LogP contribution is -2.44. The summed E-state index contributed by atoms with van der Waals surface area (Å²) in [5.41, 5.74) is 7.25. The molecule has 0 radical (unpaired) electrons. The van der Waals surface area contributed by atoms with Crippen LogP contribution < -0.4 is 10.6 Å². The van der Waals surface area contributed by atoms with Crippen LogP contribution in [-0.4, -0.2) is 48.1 Å². The van der Waals surface area contributed by atoms with Gasteiger partial charge in [-0.15, -0.1) is 0 Å². The van der Waals surface area contributed by atoms with Gasteiger partial charge in [-0.2, -0.15) is 0 Å². The molecule has 1 aliphatic heterocycles. The van der Waals surface area contributed by atoms with Crippen LogP contribution >= 0.6 is 0 Å². The molecule has 1 fully saturated rings. The largest absolute Gasteiger partial charge is 0.392 e. The molecule has 8 heteroatoms. The van der Waals surface area contributed by atoms with E-state index in [0.717, 1.165) is 59.2 Å². The predicted molar refractivity (Wildman–Crippen MR) is 201 cm³/mol. The lowest BCUT2D eigenvalue weighted by atomic mass is 9.89. The third kappa shape index (κ3) is 10.8. The number of benzene rings is 4. The standard InChI is InChI=1S/C43H53N3O5/c1-30-40(28-46(4)31(2)35-14-7-5-8-15-35)50-43(51-42(30)36-22-20-33(29-47)21-23-36)39-18-12-17-38(26-39)37-16-11-13-34(25-37)27-45-41(49)19-9-6-10-24-44-32(3)48/h5,7-8,11-18,20-23,25-26,30-31,40,42-43,47H,6,9-10,19,24,27-29H2,1-4H3,(H,44,48)(H,45,49)/t30-,31+,40+,42+,43+/m1/s1. The molecule has 8 nitrogen and oxygen atoms in total. The molecule has 0 aromatic heterocycles. The van der Waals surface area contributed by atoms with Crippen molar-refractivity contribution in [2.45, 2.75) is 84.1 Å². The third-order valence-corrected chi connectivity index (χ3v) is 9.90. The molecule has 51 heavy (non-hydrogen) atoms. The number of hydrogen-bond acceptors (Lipinski definition) is 6. The number of rotatable bonds is 16. The van der Waals surface area contributed by atoms with E-state index in [2.05, 4.69) is 103 Å². The van der Waals surface area contributed by atoms with Crippen molar-refractivity contribution < 1.29 is 24.2 Å². The second-order valence-electron chi connectivity index (χ2n) is 13.7. The minimum atomic E-state index is -0.574. The molecule has 0 aliphatic carbocycles. The number of unbranched alkanes of at least 4 members (excludes halogenated alkanes) is 2. The van der Waals surface area contributed by atoms with Crippen LogP contribution in [0.5, 0.6) is 0 Å².